The Balaban J connectivity index is 1.69. The molecule has 0 aliphatic carbocycles. The summed E-state index contributed by atoms with van der Waals surface area (Å²) in [4.78, 5) is 12.5. The second-order valence-electron chi connectivity index (χ2n) is 6.76. The summed E-state index contributed by atoms with van der Waals surface area (Å²) in [6, 6.07) is 15.9. The molecule has 0 saturated heterocycles. The van der Waals surface area contributed by atoms with Gasteiger partial charge in [-0.1, -0.05) is 42.0 Å². The molecular weight excluding hydrogens is 338 g/mol. The van der Waals surface area contributed by atoms with Gasteiger partial charge < -0.3 is 10.1 Å². The summed E-state index contributed by atoms with van der Waals surface area (Å²) in [5.74, 6) is 0.726. The number of hydrogen-bond acceptors (Lipinski definition) is 3. The molecule has 0 unspecified atom stereocenters. The molecule has 1 heterocycles. The van der Waals surface area contributed by atoms with Crippen molar-refractivity contribution in [3.8, 4) is 5.75 Å². The van der Waals surface area contributed by atoms with Gasteiger partial charge in [-0.3, -0.25) is 9.48 Å². The maximum absolute atomic E-state index is 12.5. The quantitative estimate of drug-likeness (QED) is 0.719. The van der Waals surface area contributed by atoms with Crippen molar-refractivity contribution in [2.75, 3.05) is 12.4 Å². The average molecular weight is 363 g/mol. The Morgan fingerprint density at radius 2 is 1.63 bits per heavy atom. The van der Waals surface area contributed by atoms with E-state index >= 15 is 0 Å². The van der Waals surface area contributed by atoms with Crippen LogP contribution in [-0.2, 0) is 17.8 Å². The highest BCUT2D eigenvalue weighted by Gasteiger charge is 2.15. The lowest BCUT2D eigenvalue weighted by Crippen LogP contribution is -2.15. The normalized spacial score (nSPS) is 10.7. The molecule has 27 heavy (non-hydrogen) atoms. The van der Waals surface area contributed by atoms with Gasteiger partial charge in [-0.25, -0.2) is 0 Å². The van der Waals surface area contributed by atoms with E-state index in [1.54, 1.807) is 7.11 Å². The molecule has 5 heteroatoms. The zero-order valence-corrected chi connectivity index (χ0v) is 16.2. The number of aromatic nitrogens is 2. The van der Waals surface area contributed by atoms with Crippen molar-refractivity contribution >= 4 is 11.6 Å². The Kier molecular flexibility index (Phi) is 5.60. The number of rotatable bonds is 6. The summed E-state index contributed by atoms with van der Waals surface area (Å²) in [6.45, 7) is 6.66. The van der Waals surface area contributed by atoms with E-state index in [-0.39, 0.29) is 5.91 Å². The van der Waals surface area contributed by atoms with E-state index < -0.39 is 0 Å². The Morgan fingerprint density at radius 1 is 1.00 bits per heavy atom. The number of hydrogen-bond donors (Lipinski definition) is 1. The molecule has 0 saturated carbocycles. The summed E-state index contributed by atoms with van der Waals surface area (Å²) in [5.41, 5.74) is 5.93. The highest BCUT2D eigenvalue weighted by Crippen LogP contribution is 2.21. The van der Waals surface area contributed by atoms with Crippen LogP contribution in [0, 0.1) is 20.8 Å². The number of carbonyl (C=O) groups excluding carboxylic acids is 1. The zero-order valence-electron chi connectivity index (χ0n) is 16.2. The fraction of sp³-hybridized carbons (Fsp3) is 0.273. The monoisotopic (exact) mass is 363 g/mol. The van der Waals surface area contributed by atoms with Gasteiger partial charge in [0.1, 0.15) is 5.75 Å². The summed E-state index contributed by atoms with van der Waals surface area (Å²) in [6.07, 6.45) is 0.312. The lowest BCUT2D eigenvalue weighted by Gasteiger charge is -2.08. The van der Waals surface area contributed by atoms with Crippen LogP contribution in [0.2, 0.25) is 0 Å². The van der Waals surface area contributed by atoms with Gasteiger partial charge in [-0.2, -0.15) is 5.10 Å². The van der Waals surface area contributed by atoms with Gasteiger partial charge in [0.15, 0.2) is 0 Å². The minimum absolute atomic E-state index is 0.0544. The molecule has 1 N–H and O–H groups in total. The van der Waals surface area contributed by atoms with E-state index in [9.17, 15) is 4.79 Å². The molecular formula is C22H25N3O2. The third kappa shape index (κ3) is 4.56. The number of carbonyl (C=O) groups is 1. The Bertz CT molecular complexity index is 925. The fourth-order valence-corrected chi connectivity index (χ4v) is 3.01. The van der Waals surface area contributed by atoms with Crippen LogP contribution in [0.15, 0.2) is 48.5 Å². The topological polar surface area (TPSA) is 56.1 Å². The van der Waals surface area contributed by atoms with Gasteiger partial charge in [0.2, 0.25) is 5.91 Å². The number of nitrogens with one attached hydrogen (secondary N) is 1. The molecule has 0 aliphatic heterocycles. The standard InChI is InChI=1S/C22H25N3O2/c1-15-5-7-19(8-6-15)14-25-17(3)22(16(2)24-25)23-21(26)13-18-9-11-20(27-4)12-10-18/h5-12H,13-14H2,1-4H3,(H,23,26). The number of aryl methyl sites for hydroxylation is 2. The SMILES string of the molecule is COc1ccc(CC(=O)Nc2c(C)nn(Cc3ccc(C)cc3)c2C)cc1. The molecule has 0 bridgehead atoms. The number of anilines is 1. The summed E-state index contributed by atoms with van der Waals surface area (Å²) in [7, 11) is 1.63. The van der Waals surface area contributed by atoms with E-state index in [4.69, 9.17) is 4.74 Å². The van der Waals surface area contributed by atoms with Gasteiger partial charge in [0.25, 0.3) is 0 Å². The van der Waals surface area contributed by atoms with Crippen LogP contribution in [0.5, 0.6) is 5.75 Å². The molecule has 140 valence electrons. The van der Waals surface area contributed by atoms with Crippen molar-refractivity contribution in [1.29, 1.82) is 0 Å². The van der Waals surface area contributed by atoms with Crippen LogP contribution < -0.4 is 10.1 Å². The maximum atomic E-state index is 12.5. The minimum atomic E-state index is -0.0544. The van der Waals surface area contributed by atoms with Crippen molar-refractivity contribution in [2.45, 2.75) is 33.7 Å². The van der Waals surface area contributed by atoms with Crippen LogP contribution in [0.3, 0.4) is 0 Å². The smallest absolute Gasteiger partial charge is 0.228 e. The minimum Gasteiger partial charge on any atom is -0.497 e. The number of methoxy groups -OCH3 is 1. The van der Waals surface area contributed by atoms with Crippen LogP contribution >= 0.6 is 0 Å². The van der Waals surface area contributed by atoms with Gasteiger partial charge in [-0.15, -0.1) is 0 Å². The van der Waals surface area contributed by atoms with Crippen molar-refractivity contribution in [3.05, 3.63) is 76.6 Å². The molecule has 0 atom stereocenters. The van der Waals surface area contributed by atoms with E-state index in [1.165, 1.54) is 11.1 Å². The molecule has 1 amide bonds. The van der Waals surface area contributed by atoms with Gasteiger partial charge in [0.05, 0.1) is 37.2 Å². The van der Waals surface area contributed by atoms with E-state index in [2.05, 4.69) is 41.6 Å². The lowest BCUT2D eigenvalue weighted by atomic mass is 10.1. The predicted octanol–water partition coefficient (Wildman–Crippen LogP) is 4.05. The Hall–Kier alpha value is -3.08. The molecule has 1 aromatic heterocycles. The second-order valence-corrected chi connectivity index (χ2v) is 6.76. The van der Waals surface area contributed by atoms with Gasteiger partial charge in [0, 0.05) is 0 Å². The third-order valence-electron chi connectivity index (χ3n) is 4.62. The molecule has 3 rings (SSSR count). The van der Waals surface area contributed by atoms with Crippen LogP contribution in [0.4, 0.5) is 5.69 Å². The fourth-order valence-electron chi connectivity index (χ4n) is 3.01. The summed E-state index contributed by atoms with van der Waals surface area (Å²) < 4.78 is 7.08. The van der Waals surface area contributed by atoms with Crippen molar-refractivity contribution in [2.24, 2.45) is 0 Å². The average Bonchev–Trinajstić information content (AvgIpc) is 2.91. The molecule has 0 radical (unpaired) electrons. The van der Waals surface area contributed by atoms with Gasteiger partial charge in [-0.05, 0) is 44.0 Å². The Morgan fingerprint density at radius 3 is 2.26 bits per heavy atom. The summed E-state index contributed by atoms with van der Waals surface area (Å²) in [5, 5.41) is 7.61. The summed E-state index contributed by atoms with van der Waals surface area (Å²) >= 11 is 0. The first-order valence-electron chi connectivity index (χ1n) is 8.98. The molecule has 0 spiro atoms. The highest BCUT2D eigenvalue weighted by molar-refractivity contribution is 5.93. The van der Waals surface area contributed by atoms with Crippen LogP contribution in [0.25, 0.3) is 0 Å². The van der Waals surface area contributed by atoms with Crippen LogP contribution in [0.1, 0.15) is 28.1 Å². The number of nitrogens with zero attached hydrogens (tertiary/aromatic N) is 2. The number of benzene rings is 2. The van der Waals surface area contributed by atoms with Crippen molar-refractivity contribution in [1.82, 2.24) is 9.78 Å². The molecule has 3 aromatic rings. The first-order chi connectivity index (χ1) is 13.0. The zero-order chi connectivity index (χ0) is 19.4. The predicted molar refractivity (Wildman–Crippen MR) is 107 cm³/mol. The first-order valence-corrected chi connectivity index (χ1v) is 8.98. The van der Waals surface area contributed by atoms with Crippen molar-refractivity contribution in [3.63, 3.8) is 0 Å². The first kappa shape index (κ1) is 18.7. The van der Waals surface area contributed by atoms with E-state index in [1.807, 2.05) is 42.8 Å². The lowest BCUT2D eigenvalue weighted by molar-refractivity contribution is -0.115. The van der Waals surface area contributed by atoms with Crippen molar-refractivity contribution < 1.29 is 9.53 Å². The van der Waals surface area contributed by atoms with E-state index in [0.717, 1.165) is 28.4 Å². The molecule has 0 fully saturated rings. The number of ether oxygens (including phenoxy) is 1. The molecule has 0 aliphatic rings. The highest BCUT2D eigenvalue weighted by atomic mass is 16.5. The largest absolute Gasteiger partial charge is 0.497 e. The van der Waals surface area contributed by atoms with E-state index in [0.29, 0.717) is 13.0 Å². The third-order valence-corrected chi connectivity index (χ3v) is 4.62. The van der Waals surface area contributed by atoms with Gasteiger partial charge >= 0.3 is 0 Å². The van der Waals surface area contributed by atoms with Crippen LogP contribution in [-0.4, -0.2) is 22.8 Å². The molecule has 2 aromatic carbocycles. The number of amides is 1. The second kappa shape index (κ2) is 8.08. The Labute approximate surface area is 160 Å². The maximum Gasteiger partial charge on any atom is 0.228 e. The molecule has 5 nitrogen and oxygen atoms in total.